The predicted molar refractivity (Wildman–Crippen MR) is 67.5 cm³/mol. The number of aryl methyl sites for hydroxylation is 1. The third-order valence-electron chi connectivity index (χ3n) is 2.54. The minimum Gasteiger partial charge on any atom is -0.508 e. The second kappa shape index (κ2) is 6.05. The van der Waals surface area contributed by atoms with Crippen LogP contribution in [0.1, 0.15) is 25.3 Å². The molecule has 0 radical (unpaired) electrons. The average molecular weight is 251 g/mol. The Kier molecular flexibility index (Phi) is 4.71. The lowest BCUT2D eigenvalue weighted by atomic mass is 10.0. The Labute approximate surface area is 105 Å². The molecule has 0 saturated carbocycles. The number of carbonyl (C=O) groups is 2. The molecule has 0 fully saturated rings. The summed E-state index contributed by atoms with van der Waals surface area (Å²) in [5, 5.41) is 20.6. The number of aromatic hydroxyl groups is 1. The molecule has 5 nitrogen and oxygen atoms in total. The molecule has 98 valence electrons. The zero-order valence-electron chi connectivity index (χ0n) is 10.4. The summed E-state index contributed by atoms with van der Waals surface area (Å²) in [5.41, 5.74) is 1.27. The van der Waals surface area contributed by atoms with Gasteiger partial charge in [-0.25, -0.2) is 0 Å². The molecule has 1 aromatic carbocycles. The van der Waals surface area contributed by atoms with E-state index in [1.54, 1.807) is 26.0 Å². The number of hydrogen-bond donors (Lipinski definition) is 3. The molecule has 0 saturated heterocycles. The van der Waals surface area contributed by atoms with Gasteiger partial charge in [0.05, 0.1) is 0 Å². The maximum absolute atomic E-state index is 11.6. The van der Waals surface area contributed by atoms with Crippen molar-refractivity contribution in [3.8, 4) is 5.75 Å². The van der Waals surface area contributed by atoms with Crippen molar-refractivity contribution in [2.75, 3.05) is 5.32 Å². The number of anilines is 1. The van der Waals surface area contributed by atoms with E-state index in [4.69, 9.17) is 5.11 Å². The first kappa shape index (κ1) is 14.0. The van der Waals surface area contributed by atoms with Gasteiger partial charge in [0.25, 0.3) is 0 Å². The van der Waals surface area contributed by atoms with Crippen LogP contribution in [-0.4, -0.2) is 22.1 Å². The first-order valence-corrected chi connectivity index (χ1v) is 5.69. The number of nitrogens with one attached hydrogen (secondary N) is 1. The number of benzene rings is 1. The lowest BCUT2D eigenvalue weighted by Crippen LogP contribution is -2.16. The van der Waals surface area contributed by atoms with Crippen LogP contribution in [0.15, 0.2) is 18.2 Å². The molecule has 3 N–H and O–H groups in total. The molecule has 1 rings (SSSR count). The van der Waals surface area contributed by atoms with Crippen LogP contribution < -0.4 is 5.32 Å². The molecule has 5 heteroatoms. The number of phenols is 1. The summed E-state index contributed by atoms with van der Waals surface area (Å²) < 4.78 is 0. The van der Waals surface area contributed by atoms with Crippen molar-refractivity contribution in [2.24, 2.45) is 5.92 Å². The van der Waals surface area contributed by atoms with Crippen LogP contribution in [0.3, 0.4) is 0 Å². The molecular weight excluding hydrogens is 234 g/mol. The molecule has 1 unspecified atom stereocenters. The lowest BCUT2D eigenvalue weighted by molar-refractivity contribution is -0.138. The van der Waals surface area contributed by atoms with E-state index >= 15 is 0 Å². The van der Waals surface area contributed by atoms with Crippen LogP contribution in [0.25, 0.3) is 0 Å². The zero-order chi connectivity index (χ0) is 13.7. The number of carboxylic acid groups (broad SMARTS) is 1. The minimum atomic E-state index is -0.907. The topological polar surface area (TPSA) is 86.6 Å². The third kappa shape index (κ3) is 4.45. The molecule has 0 aliphatic heterocycles. The van der Waals surface area contributed by atoms with Crippen molar-refractivity contribution < 1.29 is 19.8 Å². The van der Waals surface area contributed by atoms with Gasteiger partial charge in [0.15, 0.2) is 0 Å². The maximum atomic E-state index is 11.6. The largest absolute Gasteiger partial charge is 0.508 e. The summed E-state index contributed by atoms with van der Waals surface area (Å²) in [7, 11) is 0. The van der Waals surface area contributed by atoms with Crippen LogP contribution in [0.2, 0.25) is 0 Å². The van der Waals surface area contributed by atoms with Crippen molar-refractivity contribution in [1.82, 2.24) is 0 Å². The van der Waals surface area contributed by atoms with Crippen LogP contribution in [0, 0.1) is 12.8 Å². The SMILES string of the molecule is Cc1cc(NC(=O)CC(C)CC(=O)O)ccc1O. The Morgan fingerprint density at radius 1 is 1.33 bits per heavy atom. The normalized spacial score (nSPS) is 11.9. The molecule has 18 heavy (non-hydrogen) atoms. The fraction of sp³-hybridized carbons (Fsp3) is 0.385. The molecule has 1 atom stereocenters. The van der Waals surface area contributed by atoms with Gasteiger partial charge in [0, 0.05) is 18.5 Å². The Hall–Kier alpha value is -2.04. The van der Waals surface area contributed by atoms with Crippen molar-refractivity contribution >= 4 is 17.6 Å². The highest BCUT2D eigenvalue weighted by atomic mass is 16.4. The fourth-order valence-electron chi connectivity index (χ4n) is 1.63. The monoisotopic (exact) mass is 251 g/mol. The van der Waals surface area contributed by atoms with Crippen molar-refractivity contribution in [1.29, 1.82) is 0 Å². The highest BCUT2D eigenvalue weighted by Crippen LogP contribution is 2.20. The van der Waals surface area contributed by atoms with Gasteiger partial charge in [-0.1, -0.05) is 6.92 Å². The molecule has 0 spiro atoms. The molecule has 0 bridgehead atoms. The summed E-state index contributed by atoms with van der Waals surface area (Å²) >= 11 is 0. The molecular formula is C13H17NO4. The number of carboxylic acids is 1. The van der Waals surface area contributed by atoms with E-state index in [9.17, 15) is 14.7 Å². The van der Waals surface area contributed by atoms with Crippen molar-refractivity contribution in [3.05, 3.63) is 23.8 Å². The van der Waals surface area contributed by atoms with Gasteiger partial charge in [-0.3, -0.25) is 9.59 Å². The standard InChI is InChI=1S/C13H17NO4/c1-8(6-13(17)18)5-12(16)14-10-3-4-11(15)9(2)7-10/h3-4,7-8,15H,5-6H2,1-2H3,(H,14,16)(H,17,18). The highest BCUT2D eigenvalue weighted by Gasteiger charge is 2.12. The summed E-state index contributed by atoms with van der Waals surface area (Å²) in [6.45, 7) is 3.45. The van der Waals surface area contributed by atoms with E-state index in [1.165, 1.54) is 6.07 Å². The van der Waals surface area contributed by atoms with Crippen LogP contribution in [0.5, 0.6) is 5.75 Å². The van der Waals surface area contributed by atoms with Gasteiger partial charge in [-0.2, -0.15) is 0 Å². The van der Waals surface area contributed by atoms with Crippen LogP contribution in [0.4, 0.5) is 5.69 Å². The quantitative estimate of drug-likeness (QED) is 0.700. The lowest BCUT2D eigenvalue weighted by Gasteiger charge is -2.10. The fourth-order valence-corrected chi connectivity index (χ4v) is 1.63. The summed E-state index contributed by atoms with van der Waals surface area (Å²) in [6.07, 6.45) is 0.133. The molecule has 1 aromatic rings. The van der Waals surface area contributed by atoms with Gasteiger partial charge in [0.1, 0.15) is 5.75 Å². The molecule has 0 heterocycles. The number of hydrogen-bond acceptors (Lipinski definition) is 3. The van der Waals surface area contributed by atoms with Crippen LogP contribution in [-0.2, 0) is 9.59 Å². The number of rotatable bonds is 5. The second-order valence-corrected chi connectivity index (χ2v) is 4.46. The van der Waals surface area contributed by atoms with Gasteiger partial charge in [0.2, 0.25) is 5.91 Å². The molecule has 0 aromatic heterocycles. The second-order valence-electron chi connectivity index (χ2n) is 4.46. The van der Waals surface area contributed by atoms with E-state index in [2.05, 4.69) is 5.32 Å². The van der Waals surface area contributed by atoms with E-state index < -0.39 is 5.97 Å². The number of phenolic OH excluding ortho intramolecular Hbond substituents is 1. The number of carbonyl (C=O) groups excluding carboxylic acids is 1. The minimum absolute atomic E-state index is 0.0258. The zero-order valence-corrected chi connectivity index (χ0v) is 10.4. The third-order valence-corrected chi connectivity index (χ3v) is 2.54. The van der Waals surface area contributed by atoms with E-state index in [1.807, 2.05) is 0 Å². The Bertz CT molecular complexity index is 456. The predicted octanol–water partition coefficient (Wildman–Crippen LogP) is 2.14. The molecule has 0 aliphatic carbocycles. The average Bonchev–Trinajstić information content (AvgIpc) is 2.21. The van der Waals surface area contributed by atoms with Crippen LogP contribution >= 0.6 is 0 Å². The van der Waals surface area contributed by atoms with Gasteiger partial charge in [-0.05, 0) is 36.6 Å². The summed E-state index contributed by atoms with van der Waals surface area (Å²) in [4.78, 5) is 22.1. The Morgan fingerprint density at radius 2 is 2.00 bits per heavy atom. The Balaban J connectivity index is 2.54. The first-order valence-electron chi connectivity index (χ1n) is 5.69. The van der Waals surface area contributed by atoms with Gasteiger partial charge >= 0.3 is 5.97 Å². The maximum Gasteiger partial charge on any atom is 0.303 e. The molecule has 1 amide bonds. The Morgan fingerprint density at radius 3 is 2.56 bits per heavy atom. The highest BCUT2D eigenvalue weighted by molar-refractivity contribution is 5.91. The molecule has 0 aliphatic rings. The summed E-state index contributed by atoms with van der Waals surface area (Å²) in [5.74, 6) is -1.17. The number of amides is 1. The van der Waals surface area contributed by atoms with Gasteiger partial charge < -0.3 is 15.5 Å². The van der Waals surface area contributed by atoms with Crippen molar-refractivity contribution in [3.63, 3.8) is 0 Å². The smallest absolute Gasteiger partial charge is 0.303 e. The van der Waals surface area contributed by atoms with E-state index in [0.29, 0.717) is 11.3 Å². The first-order chi connectivity index (χ1) is 8.38. The number of aliphatic carboxylic acids is 1. The van der Waals surface area contributed by atoms with Gasteiger partial charge in [-0.15, -0.1) is 0 Å². The summed E-state index contributed by atoms with van der Waals surface area (Å²) in [6, 6.07) is 4.77. The van der Waals surface area contributed by atoms with E-state index in [-0.39, 0.29) is 30.4 Å². The van der Waals surface area contributed by atoms with E-state index in [0.717, 1.165) is 0 Å². The van der Waals surface area contributed by atoms with Crippen molar-refractivity contribution in [2.45, 2.75) is 26.7 Å².